The van der Waals surface area contributed by atoms with Crippen molar-refractivity contribution in [2.24, 2.45) is 0 Å². The summed E-state index contributed by atoms with van der Waals surface area (Å²) >= 11 is 1.47. The normalized spacial score (nSPS) is 13.0. The molecule has 27 heavy (non-hydrogen) atoms. The van der Waals surface area contributed by atoms with E-state index >= 15 is 0 Å². The first-order valence-electron chi connectivity index (χ1n) is 8.24. The zero-order chi connectivity index (χ0) is 17.8. The van der Waals surface area contributed by atoms with Crippen molar-refractivity contribution in [3.05, 3.63) is 48.3 Å². The van der Waals surface area contributed by atoms with E-state index in [1.807, 2.05) is 42.5 Å². The first kappa shape index (κ1) is 14.6. The number of rotatable bonds is 3. The molecule has 0 atom stereocenters. The molecule has 0 N–H and O–H groups in total. The number of hydrogen-bond donors (Lipinski definition) is 0. The summed E-state index contributed by atoms with van der Waals surface area (Å²) in [6.45, 7) is 0.686. The van der Waals surface area contributed by atoms with Gasteiger partial charge in [-0.2, -0.15) is 9.61 Å². The molecule has 10 heteroatoms. The van der Waals surface area contributed by atoms with Crippen LogP contribution in [-0.4, -0.2) is 41.6 Å². The van der Waals surface area contributed by atoms with Crippen LogP contribution in [0.3, 0.4) is 0 Å². The maximum atomic E-state index is 5.45. The summed E-state index contributed by atoms with van der Waals surface area (Å²) in [5.41, 5.74) is 2.74. The van der Waals surface area contributed by atoms with Gasteiger partial charge in [0, 0.05) is 5.56 Å². The highest BCUT2D eigenvalue weighted by Gasteiger charge is 2.18. The molecule has 0 saturated heterocycles. The van der Waals surface area contributed by atoms with Crippen molar-refractivity contribution >= 4 is 27.3 Å². The van der Waals surface area contributed by atoms with Gasteiger partial charge in [-0.15, -0.1) is 15.3 Å². The molecule has 1 aliphatic rings. The number of fused-ring (bicyclic) bond motifs is 3. The van der Waals surface area contributed by atoms with Crippen LogP contribution >= 0.6 is 11.3 Å². The predicted octanol–water partition coefficient (Wildman–Crippen LogP) is 2.37. The number of aromatic nitrogens is 7. The minimum absolute atomic E-state index is 0.250. The van der Waals surface area contributed by atoms with Gasteiger partial charge in [0.05, 0.1) is 5.52 Å². The molecule has 0 amide bonds. The molecule has 0 fully saturated rings. The second-order valence-electron chi connectivity index (χ2n) is 6.02. The maximum absolute atomic E-state index is 5.45. The van der Waals surface area contributed by atoms with Crippen LogP contribution in [0.5, 0.6) is 11.5 Å². The highest BCUT2D eigenvalue weighted by Crippen LogP contribution is 2.37. The molecule has 3 aromatic heterocycles. The minimum Gasteiger partial charge on any atom is -0.454 e. The molecule has 0 unspecified atom stereocenters. The van der Waals surface area contributed by atoms with Crippen molar-refractivity contribution < 1.29 is 9.47 Å². The van der Waals surface area contributed by atoms with Crippen molar-refractivity contribution in [3.8, 4) is 22.1 Å². The van der Waals surface area contributed by atoms with Gasteiger partial charge in [0.15, 0.2) is 17.3 Å². The van der Waals surface area contributed by atoms with Gasteiger partial charge in [0.2, 0.25) is 11.8 Å². The number of hydrogen-bond acceptors (Lipinski definition) is 8. The van der Waals surface area contributed by atoms with Gasteiger partial charge in [0.1, 0.15) is 17.1 Å². The average Bonchev–Trinajstić information content (AvgIpc) is 3.46. The van der Waals surface area contributed by atoms with Crippen molar-refractivity contribution in [1.29, 1.82) is 0 Å². The lowest BCUT2D eigenvalue weighted by atomic mass is 10.2. The Balaban J connectivity index is 1.39. The molecule has 0 bridgehead atoms. The highest BCUT2D eigenvalue weighted by atomic mass is 32.1. The van der Waals surface area contributed by atoms with Crippen LogP contribution in [-0.2, 0) is 6.54 Å². The zero-order valence-electron chi connectivity index (χ0n) is 13.8. The predicted molar refractivity (Wildman–Crippen MR) is 96.8 cm³/mol. The monoisotopic (exact) mass is 377 g/mol. The van der Waals surface area contributed by atoms with Crippen LogP contribution in [0, 0.1) is 0 Å². The van der Waals surface area contributed by atoms with Gasteiger partial charge < -0.3 is 9.47 Å². The Morgan fingerprint density at radius 2 is 1.93 bits per heavy atom. The molecule has 0 radical (unpaired) electrons. The topological polar surface area (TPSA) is 92.2 Å². The Labute approximate surface area is 155 Å². The molecular formula is C17H11N7O2S. The number of benzene rings is 2. The summed E-state index contributed by atoms with van der Waals surface area (Å²) in [7, 11) is 0. The lowest BCUT2D eigenvalue weighted by molar-refractivity contribution is 0.174. The molecule has 6 rings (SSSR count). The Bertz CT molecular complexity index is 1310. The fourth-order valence-electron chi connectivity index (χ4n) is 3.07. The fraction of sp³-hybridized carbons (Fsp3) is 0.118. The third-order valence-electron chi connectivity index (χ3n) is 4.39. The lowest BCUT2D eigenvalue weighted by Crippen LogP contribution is -2.06. The van der Waals surface area contributed by atoms with Gasteiger partial charge in [-0.1, -0.05) is 28.7 Å². The van der Waals surface area contributed by atoms with Gasteiger partial charge in [-0.25, -0.2) is 4.68 Å². The smallest absolute Gasteiger partial charge is 0.235 e. The summed E-state index contributed by atoms with van der Waals surface area (Å²) in [5.74, 6) is 2.18. The van der Waals surface area contributed by atoms with Crippen molar-refractivity contribution in [2.75, 3.05) is 6.79 Å². The second-order valence-corrected chi connectivity index (χ2v) is 6.98. The molecular weight excluding hydrogens is 366 g/mol. The average molecular weight is 377 g/mol. The SMILES string of the molecule is c1ccc2c(c1)nnn2Cc1nnc2sc(-c3ccc4c(c3)OCO4)nn12. The molecule has 5 aromatic rings. The Morgan fingerprint density at radius 1 is 1.00 bits per heavy atom. The Kier molecular flexibility index (Phi) is 2.97. The molecule has 9 nitrogen and oxygen atoms in total. The van der Waals surface area contributed by atoms with E-state index in [9.17, 15) is 0 Å². The largest absolute Gasteiger partial charge is 0.454 e. The van der Waals surface area contributed by atoms with Crippen molar-refractivity contribution in [3.63, 3.8) is 0 Å². The standard InChI is InChI=1S/C17H11N7O2S/c1-2-4-12-11(3-1)18-22-23(12)8-15-19-20-17-24(15)21-16(27-17)10-5-6-13-14(7-10)26-9-25-13/h1-7H,8-9H2. The first-order valence-corrected chi connectivity index (χ1v) is 9.06. The summed E-state index contributed by atoms with van der Waals surface area (Å²) in [6, 6.07) is 13.6. The second kappa shape index (κ2) is 5.48. The van der Waals surface area contributed by atoms with E-state index < -0.39 is 0 Å². The van der Waals surface area contributed by atoms with Crippen molar-refractivity contribution in [1.82, 2.24) is 34.8 Å². The number of para-hydroxylation sites is 1. The maximum Gasteiger partial charge on any atom is 0.235 e. The fourth-order valence-corrected chi connectivity index (χ4v) is 3.92. The van der Waals surface area contributed by atoms with Gasteiger partial charge in [-0.3, -0.25) is 0 Å². The van der Waals surface area contributed by atoms with Gasteiger partial charge in [0.25, 0.3) is 0 Å². The summed E-state index contributed by atoms with van der Waals surface area (Å²) < 4.78 is 14.4. The summed E-state index contributed by atoms with van der Waals surface area (Å²) in [4.78, 5) is 0.724. The third-order valence-corrected chi connectivity index (χ3v) is 5.33. The summed E-state index contributed by atoms with van der Waals surface area (Å²) in [5, 5.41) is 22.4. The molecule has 4 heterocycles. The van der Waals surface area contributed by atoms with E-state index in [1.165, 1.54) is 11.3 Å². The Morgan fingerprint density at radius 3 is 2.93 bits per heavy atom. The summed E-state index contributed by atoms with van der Waals surface area (Å²) in [6.07, 6.45) is 0. The van der Waals surface area contributed by atoms with Crippen molar-refractivity contribution in [2.45, 2.75) is 6.54 Å². The van der Waals surface area contributed by atoms with Crippen LogP contribution in [0.4, 0.5) is 0 Å². The van der Waals surface area contributed by atoms with Gasteiger partial charge in [-0.05, 0) is 30.3 Å². The lowest BCUT2D eigenvalue weighted by Gasteiger charge is -2.00. The van der Waals surface area contributed by atoms with E-state index in [4.69, 9.17) is 9.47 Å². The molecule has 132 valence electrons. The first-order chi connectivity index (χ1) is 13.3. The quantitative estimate of drug-likeness (QED) is 0.477. The number of ether oxygens (including phenoxy) is 2. The highest BCUT2D eigenvalue weighted by molar-refractivity contribution is 7.19. The molecule has 0 aliphatic carbocycles. The third kappa shape index (κ3) is 2.27. The molecule has 0 spiro atoms. The van der Waals surface area contributed by atoms with E-state index in [-0.39, 0.29) is 6.79 Å². The van der Waals surface area contributed by atoms with Crippen LogP contribution in [0.15, 0.2) is 42.5 Å². The van der Waals surface area contributed by atoms with E-state index in [0.29, 0.717) is 12.4 Å². The Hall–Kier alpha value is -3.53. The van der Waals surface area contributed by atoms with Crippen LogP contribution < -0.4 is 9.47 Å². The van der Waals surface area contributed by atoms with Crippen LogP contribution in [0.25, 0.3) is 26.6 Å². The molecule has 1 aliphatic heterocycles. The van der Waals surface area contributed by atoms with Crippen LogP contribution in [0.2, 0.25) is 0 Å². The van der Waals surface area contributed by atoms with E-state index in [1.54, 1.807) is 9.20 Å². The van der Waals surface area contributed by atoms with E-state index in [2.05, 4.69) is 25.6 Å². The van der Waals surface area contributed by atoms with Gasteiger partial charge >= 0.3 is 0 Å². The number of nitrogens with zero attached hydrogens (tertiary/aromatic N) is 7. The molecule has 0 saturated carbocycles. The molecule has 2 aromatic carbocycles. The zero-order valence-corrected chi connectivity index (χ0v) is 14.6. The minimum atomic E-state index is 0.250. The van der Waals surface area contributed by atoms with Crippen LogP contribution in [0.1, 0.15) is 5.82 Å². The van der Waals surface area contributed by atoms with E-state index in [0.717, 1.165) is 38.1 Å².